The van der Waals surface area contributed by atoms with Crippen molar-refractivity contribution in [3.05, 3.63) is 84.4 Å². The van der Waals surface area contributed by atoms with Gasteiger partial charge in [-0.05, 0) is 41.1 Å². The van der Waals surface area contributed by atoms with Crippen LogP contribution in [0.4, 0.5) is 16.0 Å². The summed E-state index contributed by atoms with van der Waals surface area (Å²) in [6, 6.07) is 20.6. The SMILES string of the molecule is CC(C)(C)c1cc(Nc2cnc3cc4ccccc4cc3n2)n(-c2cccc(F)c2)n1. The van der Waals surface area contributed by atoms with E-state index in [0.29, 0.717) is 17.3 Å². The first-order valence-electron chi connectivity index (χ1n) is 10.2. The van der Waals surface area contributed by atoms with Crippen molar-refractivity contribution in [1.29, 1.82) is 0 Å². The molecule has 0 aliphatic carbocycles. The Morgan fingerprint density at radius 1 is 0.871 bits per heavy atom. The van der Waals surface area contributed by atoms with Gasteiger partial charge in [0.25, 0.3) is 0 Å². The highest BCUT2D eigenvalue weighted by Gasteiger charge is 2.21. The molecule has 5 aromatic rings. The van der Waals surface area contributed by atoms with Crippen LogP contribution in [0.5, 0.6) is 0 Å². The molecule has 5 nitrogen and oxygen atoms in total. The molecule has 2 aromatic heterocycles. The molecule has 154 valence electrons. The predicted octanol–water partition coefficient (Wildman–Crippen LogP) is 6.15. The maximum absolute atomic E-state index is 13.9. The highest BCUT2D eigenvalue weighted by molar-refractivity contribution is 5.95. The van der Waals surface area contributed by atoms with Crippen LogP contribution in [0, 0.1) is 5.82 Å². The van der Waals surface area contributed by atoms with Gasteiger partial charge in [0.1, 0.15) is 11.6 Å². The van der Waals surface area contributed by atoms with Crippen molar-refractivity contribution in [2.45, 2.75) is 26.2 Å². The van der Waals surface area contributed by atoms with Crippen LogP contribution in [0.25, 0.3) is 27.5 Å². The summed E-state index contributed by atoms with van der Waals surface area (Å²) in [7, 11) is 0. The molecule has 31 heavy (non-hydrogen) atoms. The van der Waals surface area contributed by atoms with Crippen LogP contribution in [0.1, 0.15) is 26.5 Å². The van der Waals surface area contributed by atoms with Crippen molar-refractivity contribution < 1.29 is 4.39 Å². The molecular weight excluding hydrogens is 389 g/mol. The summed E-state index contributed by atoms with van der Waals surface area (Å²) in [5.41, 5.74) is 3.00. The van der Waals surface area contributed by atoms with E-state index in [9.17, 15) is 4.39 Å². The van der Waals surface area contributed by atoms with Crippen molar-refractivity contribution in [3.63, 3.8) is 0 Å². The Bertz CT molecular complexity index is 1410. The monoisotopic (exact) mass is 411 g/mol. The van der Waals surface area contributed by atoms with Gasteiger partial charge in [0.05, 0.1) is 28.6 Å². The van der Waals surface area contributed by atoms with Crippen molar-refractivity contribution >= 4 is 33.4 Å². The third-order valence-electron chi connectivity index (χ3n) is 5.20. The van der Waals surface area contributed by atoms with E-state index in [-0.39, 0.29) is 11.2 Å². The highest BCUT2D eigenvalue weighted by atomic mass is 19.1. The van der Waals surface area contributed by atoms with E-state index in [2.05, 4.69) is 43.2 Å². The minimum atomic E-state index is -0.311. The Labute approximate surface area is 179 Å². The number of halogens is 1. The third kappa shape index (κ3) is 3.72. The molecular formula is C25H22FN5. The lowest BCUT2D eigenvalue weighted by Crippen LogP contribution is -2.12. The van der Waals surface area contributed by atoms with Gasteiger partial charge in [0.15, 0.2) is 5.82 Å². The van der Waals surface area contributed by atoms with Crippen molar-refractivity contribution in [1.82, 2.24) is 19.7 Å². The van der Waals surface area contributed by atoms with E-state index in [1.54, 1.807) is 16.9 Å². The number of rotatable bonds is 3. The standard InChI is InChI=1S/C25H22FN5/c1-25(2,3)22-14-24(31(30-22)19-10-6-9-18(26)13-19)29-23-15-27-20-11-16-7-4-5-8-17(16)12-21(20)28-23/h4-15H,1-3H3,(H,28,29). The van der Waals surface area contributed by atoms with E-state index < -0.39 is 0 Å². The molecule has 2 heterocycles. The molecule has 0 bridgehead atoms. The van der Waals surface area contributed by atoms with Gasteiger partial charge in [-0.2, -0.15) is 5.10 Å². The van der Waals surface area contributed by atoms with Gasteiger partial charge in [-0.25, -0.2) is 14.1 Å². The second-order valence-corrected chi connectivity index (χ2v) is 8.62. The second-order valence-electron chi connectivity index (χ2n) is 8.62. The smallest absolute Gasteiger partial charge is 0.150 e. The topological polar surface area (TPSA) is 55.6 Å². The van der Waals surface area contributed by atoms with Crippen molar-refractivity contribution in [2.75, 3.05) is 5.32 Å². The van der Waals surface area contributed by atoms with Crippen LogP contribution in [0.2, 0.25) is 0 Å². The predicted molar refractivity (Wildman–Crippen MR) is 123 cm³/mol. The number of aromatic nitrogens is 4. The quantitative estimate of drug-likeness (QED) is 0.362. The Balaban J connectivity index is 1.59. The molecule has 0 aliphatic rings. The number of nitrogens with zero attached hydrogens (tertiary/aromatic N) is 4. The lowest BCUT2D eigenvalue weighted by Gasteiger charge is -2.14. The summed E-state index contributed by atoms with van der Waals surface area (Å²) in [6.45, 7) is 6.28. The highest BCUT2D eigenvalue weighted by Crippen LogP contribution is 2.29. The molecule has 0 radical (unpaired) electrons. The fraction of sp³-hybridized carbons (Fsp3) is 0.160. The molecule has 3 aromatic carbocycles. The second kappa shape index (κ2) is 7.16. The van der Waals surface area contributed by atoms with E-state index in [1.165, 1.54) is 12.1 Å². The van der Waals surface area contributed by atoms with Crippen LogP contribution in [-0.2, 0) is 5.41 Å². The van der Waals surface area contributed by atoms with Gasteiger partial charge in [0.2, 0.25) is 0 Å². The molecule has 0 aliphatic heterocycles. The Kier molecular flexibility index (Phi) is 4.43. The first-order valence-corrected chi connectivity index (χ1v) is 10.2. The van der Waals surface area contributed by atoms with Gasteiger partial charge >= 0.3 is 0 Å². The van der Waals surface area contributed by atoms with Gasteiger partial charge in [-0.3, -0.25) is 4.98 Å². The molecule has 0 fully saturated rings. The number of benzene rings is 3. The van der Waals surface area contributed by atoms with E-state index >= 15 is 0 Å². The zero-order valence-electron chi connectivity index (χ0n) is 17.6. The summed E-state index contributed by atoms with van der Waals surface area (Å²) < 4.78 is 15.6. The van der Waals surface area contributed by atoms with E-state index in [4.69, 9.17) is 10.1 Å². The number of fused-ring (bicyclic) bond motifs is 2. The molecule has 0 saturated carbocycles. The fourth-order valence-corrected chi connectivity index (χ4v) is 3.53. The van der Waals surface area contributed by atoms with Gasteiger partial charge < -0.3 is 5.32 Å². The molecule has 0 amide bonds. The number of anilines is 2. The number of hydrogen-bond acceptors (Lipinski definition) is 4. The molecule has 5 rings (SSSR count). The minimum Gasteiger partial charge on any atom is -0.324 e. The zero-order valence-corrected chi connectivity index (χ0v) is 17.6. The average Bonchev–Trinajstić information content (AvgIpc) is 3.16. The molecule has 0 atom stereocenters. The molecule has 0 saturated heterocycles. The normalized spacial score (nSPS) is 11.9. The number of nitrogens with one attached hydrogen (secondary N) is 1. The maximum atomic E-state index is 13.9. The summed E-state index contributed by atoms with van der Waals surface area (Å²) >= 11 is 0. The van der Waals surface area contributed by atoms with Crippen LogP contribution in [0.15, 0.2) is 72.9 Å². The summed E-state index contributed by atoms with van der Waals surface area (Å²) in [5.74, 6) is 0.986. The van der Waals surface area contributed by atoms with Gasteiger partial charge in [-0.15, -0.1) is 0 Å². The Hall–Kier alpha value is -3.80. The summed E-state index contributed by atoms with van der Waals surface area (Å²) in [6.07, 6.45) is 1.71. The molecule has 6 heteroatoms. The zero-order chi connectivity index (χ0) is 21.6. The van der Waals surface area contributed by atoms with Gasteiger partial charge in [0, 0.05) is 11.5 Å². The fourth-order valence-electron chi connectivity index (χ4n) is 3.53. The first kappa shape index (κ1) is 19.2. The largest absolute Gasteiger partial charge is 0.324 e. The van der Waals surface area contributed by atoms with E-state index in [0.717, 1.165) is 27.5 Å². The first-order chi connectivity index (χ1) is 14.9. The van der Waals surface area contributed by atoms with Crippen LogP contribution in [0.3, 0.4) is 0 Å². The molecule has 1 N–H and O–H groups in total. The van der Waals surface area contributed by atoms with Crippen molar-refractivity contribution in [2.24, 2.45) is 0 Å². The average molecular weight is 411 g/mol. The summed E-state index contributed by atoms with van der Waals surface area (Å²) in [4.78, 5) is 9.34. The molecule has 0 unspecified atom stereocenters. The lowest BCUT2D eigenvalue weighted by molar-refractivity contribution is 0.560. The Morgan fingerprint density at radius 2 is 1.61 bits per heavy atom. The van der Waals surface area contributed by atoms with Crippen LogP contribution in [-0.4, -0.2) is 19.7 Å². The van der Waals surface area contributed by atoms with Crippen molar-refractivity contribution in [3.8, 4) is 5.69 Å². The lowest BCUT2D eigenvalue weighted by atomic mass is 9.92. The third-order valence-corrected chi connectivity index (χ3v) is 5.20. The van der Waals surface area contributed by atoms with Gasteiger partial charge in [-0.1, -0.05) is 51.1 Å². The maximum Gasteiger partial charge on any atom is 0.150 e. The van der Waals surface area contributed by atoms with Crippen LogP contribution < -0.4 is 5.32 Å². The minimum absolute atomic E-state index is 0.164. The van der Waals surface area contributed by atoms with Crippen LogP contribution >= 0.6 is 0 Å². The summed E-state index contributed by atoms with van der Waals surface area (Å²) in [5, 5.41) is 10.3. The molecule has 0 spiro atoms. The Morgan fingerprint density at radius 3 is 2.32 bits per heavy atom. The van der Waals surface area contributed by atoms with E-state index in [1.807, 2.05) is 36.4 Å². The number of hydrogen-bond donors (Lipinski definition) is 1.